The minimum atomic E-state index is -0.0346. The second-order valence-corrected chi connectivity index (χ2v) is 4.34. The monoisotopic (exact) mass is 203 g/mol. The molecule has 0 heterocycles. The third kappa shape index (κ3) is 2.87. The molecule has 1 aliphatic rings. The smallest absolute Gasteiger partial charge is 0.235 e. The maximum Gasteiger partial charge on any atom is 0.235 e. The molecule has 0 radical (unpaired) electrons. The van der Waals surface area contributed by atoms with Gasteiger partial charge in [-0.3, -0.25) is 4.79 Å². The number of hydrogen-bond acceptors (Lipinski definition) is 1. The predicted molar refractivity (Wildman–Crippen MR) is 54.8 cm³/mol. The van der Waals surface area contributed by atoms with E-state index in [-0.39, 0.29) is 11.8 Å². The Morgan fingerprint density at radius 1 is 1.46 bits per heavy atom. The molecule has 1 aliphatic carbocycles. The van der Waals surface area contributed by atoms with E-state index in [0.29, 0.717) is 12.0 Å². The van der Waals surface area contributed by atoms with Crippen LogP contribution < -0.4 is 5.32 Å². The van der Waals surface area contributed by atoms with Crippen LogP contribution in [0, 0.1) is 11.8 Å². The van der Waals surface area contributed by atoms with Crippen LogP contribution in [0.2, 0.25) is 0 Å². The van der Waals surface area contributed by atoms with Gasteiger partial charge < -0.3 is 5.32 Å². The van der Waals surface area contributed by atoms with Crippen molar-refractivity contribution in [1.29, 1.82) is 0 Å². The van der Waals surface area contributed by atoms with Gasteiger partial charge in [-0.1, -0.05) is 26.7 Å². The highest BCUT2D eigenvalue weighted by Gasteiger charge is 2.27. The van der Waals surface area contributed by atoms with Crippen molar-refractivity contribution < 1.29 is 4.79 Å². The van der Waals surface area contributed by atoms with Gasteiger partial charge in [-0.25, -0.2) is 0 Å². The fraction of sp³-hybridized carbons (Fsp3) is 0.900. The number of nitrogens with one attached hydrogen (secondary N) is 1. The Kier molecular flexibility index (Phi) is 4.04. The molecule has 0 spiro atoms. The van der Waals surface area contributed by atoms with Gasteiger partial charge in [-0.2, -0.15) is 0 Å². The first-order chi connectivity index (χ1) is 6.15. The number of amides is 1. The van der Waals surface area contributed by atoms with Crippen molar-refractivity contribution in [1.82, 2.24) is 5.32 Å². The molecule has 0 aromatic heterocycles. The van der Waals surface area contributed by atoms with E-state index in [2.05, 4.69) is 19.2 Å². The molecular weight excluding hydrogens is 186 g/mol. The summed E-state index contributed by atoms with van der Waals surface area (Å²) in [6.07, 6.45) is 3.61. The number of carbonyl (C=O) groups is 1. The van der Waals surface area contributed by atoms with Gasteiger partial charge in [0.2, 0.25) is 5.91 Å². The van der Waals surface area contributed by atoms with E-state index in [1.54, 1.807) is 0 Å². The first kappa shape index (κ1) is 10.8. The summed E-state index contributed by atoms with van der Waals surface area (Å²) in [6, 6.07) is 0.343. The maximum atomic E-state index is 11.1. The Hall–Kier alpha value is -0.240. The highest BCUT2D eigenvalue weighted by atomic mass is 35.5. The topological polar surface area (TPSA) is 29.1 Å². The molecular formula is C10H18ClNO. The standard InChI is InChI=1S/C10H18ClNO/c1-7-4-3-5-9(8(7)2)12-10(13)6-11/h7-9H,3-6H2,1-2H3,(H,12,13)/t7-,8+,9+/m1/s1. The highest BCUT2D eigenvalue weighted by molar-refractivity contribution is 6.27. The van der Waals surface area contributed by atoms with Crippen LogP contribution in [-0.4, -0.2) is 17.8 Å². The zero-order valence-corrected chi connectivity index (χ0v) is 9.10. The van der Waals surface area contributed by atoms with Crippen LogP contribution in [0.5, 0.6) is 0 Å². The Bertz CT molecular complexity index is 184. The third-order valence-electron chi connectivity index (χ3n) is 3.17. The SMILES string of the molecule is C[C@H]1[C@H](C)CCC[C@@H]1NC(=O)CCl. The third-order valence-corrected chi connectivity index (χ3v) is 3.42. The van der Waals surface area contributed by atoms with Crippen molar-refractivity contribution in [2.24, 2.45) is 11.8 Å². The fourth-order valence-corrected chi connectivity index (χ4v) is 2.11. The molecule has 3 atom stereocenters. The highest BCUT2D eigenvalue weighted by Crippen LogP contribution is 2.29. The molecule has 0 aromatic carbocycles. The van der Waals surface area contributed by atoms with Crippen molar-refractivity contribution in [2.45, 2.75) is 39.2 Å². The average Bonchev–Trinajstić information content (AvgIpc) is 2.13. The van der Waals surface area contributed by atoms with Crippen molar-refractivity contribution >= 4 is 17.5 Å². The molecule has 0 aliphatic heterocycles. The molecule has 1 fully saturated rings. The van der Waals surface area contributed by atoms with Gasteiger partial charge in [0.1, 0.15) is 5.88 Å². The Labute approximate surface area is 85.0 Å². The zero-order chi connectivity index (χ0) is 9.84. The Morgan fingerprint density at radius 3 is 2.77 bits per heavy atom. The minimum absolute atomic E-state index is 0.0346. The lowest BCUT2D eigenvalue weighted by molar-refractivity contribution is -0.120. The van der Waals surface area contributed by atoms with E-state index in [1.807, 2.05) is 0 Å². The van der Waals surface area contributed by atoms with Crippen LogP contribution in [-0.2, 0) is 4.79 Å². The van der Waals surface area contributed by atoms with Gasteiger partial charge in [0.25, 0.3) is 0 Å². The maximum absolute atomic E-state index is 11.1. The molecule has 76 valence electrons. The summed E-state index contributed by atoms with van der Waals surface area (Å²) in [7, 11) is 0. The lowest BCUT2D eigenvalue weighted by Gasteiger charge is -2.34. The van der Waals surface area contributed by atoms with Gasteiger partial charge in [0, 0.05) is 6.04 Å². The van der Waals surface area contributed by atoms with Crippen LogP contribution in [0.3, 0.4) is 0 Å². The average molecular weight is 204 g/mol. The van der Waals surface area contributed by atoms with E-state index in [9.17, 15) is 4.79 Å². The second-order valence-electron chi connectivity index (χ2n) is 4.07. The molecule has 1 amide bonds. The van der Waals surface area contributed by atoms with E-state index in [1.165, 1.54) is 12.8 Å². The molecule has 1 N–H and O–H groups in total. The van der Waals surface area contributed by atoms with E-state index in [4.69, 9.17) is 11.6 Å². The molecule has 1 rings (SSSR count). The van der Waals surface area contributed by atoms with Gasteiger partial charge in [0.15, 0.2) is 0 Å². The van der Waals surface area contributed by atoms with Crippen molar-refractivity contribution in [3.05, 3.63) is 0 Å². The second kappa shape index (κ2) is 4.85. The summed E-state index contributed by atoms with van der Waals surface area (Å²) in [4.78, 5) is 11.1. The molecule has 13 heavy (non-hydrogen) atoms. The summed E-state index contributed by atoms with van der Waals surface area (Å²) in [5.41, 5.74) is 0. The van der Waals surface area contributed by atoms with Crippen LogP contribution in [0.15, 0.2) is 0 Å². The normalized spacial score (nSPS) is 34.2. The molecule has 0 aromatic rings. The predicted octanol–water partition coefficient (Wildman–Crippen LogP) is 2.17. The fourth-order valence-electron chi connectivity index (χ4n) is 2.03. The first-order valence-corrected chi connectivity index (χ1v) is 5.54. The number of carbonyl (C=O) groups excluding carboxylic acids is 1. The summed E-state index contributed by atoms with van der Waals surface area (Å²) >= 11 is 5.44. The summed E-state index contributed by atoms with van der Waals surface area (Å²) < 4.78 is 0. The lowest BCUT2D eigenvalue weighted by Crippen LogP contribution is -2.44. The number of hydrogen-bond donors (Lipinski definition) is 1. The van der Waals surface area contributed by atoms with E-state index < -0.39 is 0 Å². The van der Waals surface area contributed by atoms with Crippen LogP contribution >= 0.6 is 11.6 Å². The molecule has 0 saturated heterocycles. The molecule has 3 heteroatoms. The minimum Gasteiger partial charge on any atom is -0.352 e. The van der Waals surface area contributed by atoms with E-state index in [0.717, 1.165) is 12.3 Å². The van der Waals surface area contributed by atoms with Gasteiger partial charge >= 0.3 is 0 Å². The van der Waals surface area contributed by atoms with Crippen LogP contribution in [0.25, 0.3) is 0 Å². The summed E-state index contributed by atoms with van der Waals surface area (Å²) in [5, 5.41) is 2.98. The summed E-state index contributed by atoms with van der Waals surface area (Å²) in [5.74, 6) is 1.35. The Balaban J connectivity index is 2.43. The van der Waals surface area contributed by atoms with Crippen LogP contribution in [0.4, 0.5) is 0 Å². The van der Waals surface area contributed by atoms with Crippen LogP contribution in [0.1, 0.15) is 33.1 Å². The van der Waals surface area contributed by atoms with Gasteiger partial charge in [0.05, 0.1) is 0 Å². The molecule has 0 bridgehead atoms. The lowest BCUT2D eigenvalue weighted by atomic mass is 9.78. The van der Waals surface area contributed by atoms with Crippen molar-refractivity contribution in [3.63, 3.8) is 0 Å². The Morgan fingerprint density at radius 2 is 2.15 bits per heavy atom. The first-order valence-electron chi connectivity index (χ1n) is 5.00. The largest absolute Gasteiger partial charge is 0.352 e. The quantitative estimate of drug-likeness (QED) is 0.685. The molecule has 0 unspecified atom stereocenters. The molecule has 2 nitrogen and oxygen atoms in total. The van der Waals surface area contributed by atoms with E-state index >= 15 is 0 Å². The zero-order valence-electron chi connectivity index (χ0n) is 8.35. The van der Waals surface area contributed by atoms with Gasteiger partial charge in [-0.05, 0) is 18.3 Å². The summed E-state index contributed by atoms with van der Waals surface area (Å²) in [6.45, 7) is 4.46. The van der Waals surface area contributed by atoms with Crippen molar-refractivity contribution in [3.8, 4) is 0 Å². The molecule has 1 saturated carbocycles. The number of halogens is 1. The number of rotatable bonds is 2. The number of alkyl halides is 1. The van der Waals surface area contributed by atoms with Gasteiger partial charge in [-0.15, -0.1) is 11.6 Å². The van der Waals surface area contributed by atoms with Crippen molar-refractivity contribution in [2.75, 3.05) is 5.88 Å².